The molecule has 0 amide bonds. The second-order valence-electron chi connectivity index (χ2n) is 7.52. The van der Waals surface area contributed by atoms with Crippen molar-refractivity contribution in [2.75, 3.05) is 0 Å². The van der Waals surface area contributed by atoms with Crippen LogP contribution in [0.5, 0.6) is 0 Å². The summed E-state index contributed by atoms with van der Waals surface area (Å²) in [5.41, 5.74) is 3.80. The minimum absolute atomic E-state index is 0.458. The predicted molar refractivity (Wildman–Crippen MR) is 133 cm³/mol. The molecule has 0 unspecified atom stereocenters. The number of para-hydroxylation sites is 1. The van der Waals surface area contributed by atoms with E-state index in [0.717, 1.165) is 33.5 Å². The Hall–Kier alpha value is -3.88. The minimum Gasteiger partial charge on any atom is -0.420 e. The molecule has 0 spiro atoms. The Bertz CT molecular complexity index is 1570. The number of nitrogens with zero attached hydrogens (tertiary/aromatic N) is 5. The van der Waals surface area contributed by atoms with Crippen molar-refractivity contribution in [3.63, 3.8) is 0 Å². The molecule has 0 aliphatic rings. The molecule has 3 heterocycles. The van der Waals surface area contributed by atoms with Gasteiger partial charge in [-0.1, -0.05) is 59.8 Å². The molecule has 0 radical (unpaired) electrons. The zero-order valence-corrected chi connectivity index (χ0v) is 19.3. The van der Waals surface area contributed by atoms with Crippen molar-refractivity contribution in [1.29, 1.82) is 0 Å². The van der Waals surface area contributed by atoms with E-state index < -0.39 is 0 Å². The highest BCUT2D eigenvalue weighted by Crippen LogP contribution is 2.33. The quantitative estimate of drug-likeness (QED) is 0.275. The van der Waals surface area contributed by atoms with E-state index in [9.17, 15) is 0 Å². The maximum absolute atomic E-state index is 6.15. The maximum atomic E-state index is 6.15. The lowest BCUT2D eigenvalue weighted by atomic mass is 10.1. The van der Waals surface area contributed by atoms with Crippen LogP contribution in [0.1, 0.15) is 5.89 Å². The van der Waals surface area contributed by atoms with E-state index in [0.29, 0.717) is 27.7 Å². The third-order valence-corrected chi connectivity index (χ3v) is 6.53. The van der Waals surface area contributed by atoms with Gasteiger partial charge in [0.1, 0.15) is 0 Å². The molecule has 1 N–H and O–H groups in total. The number of aromatic amines is 1. The van der Waals surface area contributed by atoms with Crippen molar-refractivity contribution in [2.45, 2.75) is 10.9 Å². The minimum atomic E-state index is 0.458. The highest BCUT2D eigenvalue weighted by molar-refractivity contribution is 7.98. The Morgan fingerprint density at radius 2 is 1.65 bits per heavy atom. The first kappa shape index (κ1) is 20.7. The number of halogens is 1. The van der Waals surface area contributed by atoms with Gasteiger partial charge in [-0.15, -0.1) is 20.4 Å². The van der Waals surface area contributed by atoms with E-state index in [2.05, 4.69) is 31.4 Å². The highest BCUT2D eigenvalue weighted by Gasteiger charge is 2.20. The molecular weight excluding hydrogens is 468 g/mol. The third kappa shape index (κ3) is 3.87. The summed E-state index contributed by atoms with van der Waals surface area (Å²) in [7, 11) is 0. The molecule has 0 aliphatic carbocycles. The van der Waals surface area contributed by atoms with E-state index in [-0.39, 0.29) is 0 Å². The van der Waals surface area contributed by atoms with Crippen molar-refractivity contribution < 1.29 is 4.42 Å². The highest BCUT2D eigenvalue weighted by atomic mass is 35.5. The van der Waals surface area contributed by atoms with Gasteiger partial charge in [-0.25, -0.2) is 0 Å². The molecule has 9 heteroatoms. The summed E-state index contributed by atoms with van der Waals surface area (Å²) in [5.74, 6) is 2.20. The largest absolute Gasteiger partial charge is 0.420 e. The lowest BCUT2D eigenvalue weighted by Crippen LogP contribution is -1.99. The molecule has 166 valence electrons. The van der Waals surface area contributed by atoms with Crippen LogP contribution in [0.25, 0.3) is 39.4 Å². The van der Waals surface area contributed by atoms with Crippen LogP contribution in [0.2, 0.25) is 5.02 Å². The topological polar surface area (TPSA) is 85.4 Å². The van der Waals surface area contributed by atoms with Gasteiger partial charge in [0, 0.05) is 38.9 Å². The summed E-state index contributed by atoms with van der Waals surface area (Å²) in [6.07, 6.45) is 1.96. The van der Waals surface area contributed by atoms with Gasteiger partial charge in [0.15, 0.2) is 11.0 Å². The summed E-state index contributed by atoms with van der Waals surface area (Å²) in [5, 5.41) is 19.9. The molecule has 0 atom stereocenters. The normalized spacial score (nSPS) is 11.3. The smallest absolute Gasteiger partial charge is 0.247 e. The number of rotatable bonds is 6. The van der Waals surface area contributed by atoms with Crippen LogP contribution in [-0.4, -0.2) is 29.9 Å². The van der Waals surface area contributed by atoms with E-state index in [1.807, 2.05) is 83.6 Å². The predicted octanol–water partition coefficient (Wildman–Crippen LogP) is 6.41. The molecule has 0 saturated carbocycles. The van der Waals surface area contributed by atoms with Gasteiger partial charge in [-0.05, 0) is 42.5 Å². The van der Waals surface area contributed by atoms with Gasteiger partial charge in [-0.3, -0.25) is 4.57 Å². The van der Waals surface area contributed by atoms with Crippen LogP contribution in [0, 0.1) is 0 Å². The van der Waals surface area contributed by atoms with Crippen molar-refractivity contribution in [3.05, 3.63) is 96.0 Å². The molecule has 0 bridgehead atoms. The molecule has 34 heavy (non-hydrogen) atoms. The first-order valence-corrected chi connectivity index (χ1v) is 11.9. The first-order chi connectivity index (χ1) is 16.8. The molecule has 0 aliphatic heterocycles. The van der Waals surface area contributed by atoms with Gasteiger partial charge in [0.2, 0.25) is 11.8 Å². The molecule has 0 fully saturated rings. The lowest BCUT2D eigenvalue weighted by molar-refractivity contribution is 0.528. The number of benzene rings is 3. The Balaban J connectivity index is 1.36. The average molecular weight is 485 g/mol. The van der Waals surface area contributed by atoms with Gasteiger partial charge < -0.3 is 9.40 Å². The molecule has 6 rings (SSSR count). The number of H-pyrrole nitrogens is 1. The Labute approximate surface area is 203 Å². The Kier molecular flexibility index (Phi) is 5.37. The second kappa shape index (κ2) is 8.81. The molecule has 7 nitrogen and oxygen atoms in total. The molecule has 3 aromatic carbocycles. The molecule has 3 aromatic heterocycles. The average Bonchev–Trinajstić information content (AvgIpc) is 3.62. The lowest BCUT2D eigenvalue weighted by Gasteiger charge is -2.09. The van der Waals surface area contributed by atoms with Gasteiger partial charge in [0.25, 0.3) is 0 Å². The van der Waals surface area contributed by atoms with Crippen LogP contribution >= 0.6 is 23.4 Å². The Morgan fingerprint density at radius 3 is 2.50 bits per heavy atom. The fourth-order valence-corrected chi connectivity index (χ4v) is 4.67. The van der Waals surface area contributed by atoms with E-state index in [4.69, 9.17) is 16.0 Å². The van der Waals surface area contributed by atoms with Gasteiger partial charge >= 0.3 is 0 Å². The maximum Gasteiger partial charge on any atom is 0.247 e. The summed E-state index contributed by atoms with van der Waals surface area (Å²) in [4.78, 5) is 3.32. The summed E-state index contributed by atoms with van der Waals surface area (Å²) in [6.45, 7) is 0. The van der Waals surface area contributed by atoms with E-state index in [1.54, 1.807) is 0 Å². The fourth-order valence-electron chi connectivity index (χ4n) is 3.75. The van der Waals surface area contributed by atoms with E-state index in [1.165, 1.54) is 11.8 Å². The number of thioether (sulfide) groups is 1. The SMILES string of the molecule is Clc1ccc(-n2c(SCc3nnc(-c4ccccc4)o3)nnc2-c2c[nH]c3ccccc23)cc1. The van der Waals surface area contributed by atoms with Crippen molar-refractivity contribution >= 4 is 34.3 Å². The zero-order valence-electron chi connectivity index (χ0n) is 17.7. The van der Waals surface area contributed by atoms with Crippen molar-refractivity contribution in [3.8, 4) is 28.5 Å². The summed E-state index contributed by atoms with van der Waals surface area (Å²) >= 11 is 7.63. The van der Waals surface area contributed by atoms with E-state index >= 15 is 0 Å². The zero-order chi connectivity index (χ0) is 22.9. The number of aromatic nitrogens is 6. The number of hydrogen-bond acceptors (Lipinski definition) is 6. The molecule has 6 aromatic rings. The second-order valence-corrected chi connectivity index (χ2v) is 8.90. The van der Waals surface area contributed by atoms with Gasteiger partial charge in [-0.2, -0.15) is 0 Å². The molecular formula is C25H17ClN6OS. The first-order valence-electron chi connectivity index (χ1n) is 10.5. The summed E-state index contributed by atoms with van der Waals surface area (Å²) in [6, 6.07) is 25.4. The van der Waals surface area contributed by atoms with Crippen molar-refractivity contribution in [2.24, 2.45) is 0 Å². The number of nitrogens with one attached hydrogen (secondary N) is 1. The van der Waals surface area contributed by atoms with Gasteiger partial charge in [0.05, 0.1) is 5.75 Å². The number of hydrogen-bond donors (Lipinski definition) is 1. The van der Waals surface area contributed by atoms with Crippen LogP contribution < -0.4 is 0 Å². The fraction of sp³-hybridized carbons (Fsp3) is 0.0400. The van der Waals surface area contributed by atoms with Crippen LogP contribution in [0.15, 0.2) is 94.6 Å². The number of fused-ring (bicyclic) bond motifs is 1. The Morgan fingerprint density at radius 1 is 0.853 bits per heavy atom. The van der Waals surface area contributed by atoms with Crippen LogP contribution in [-0.2, 0) is 5.75 Å². The van der Waals surface area contributed by atoms with Crippen LogP contribution in [0.4, 0.5) is 0 Å². The van der Waals surface area contributed by atoms with Crippen molar-refractivity contribution in [1.82, 2.24) is 29.9 Å². The molecule has 0 saturated heterocycles. The third-order valence-electron chi connectivity index (χ3n) is 5.36. The summed E-state index contributed by atoms with van der Waals surface area (Å²) < 4.78 is 7.89. The monoisotopic (exact) mass is 484 g/mol. The van der Waals surface area contributed by atoms with Crippen LogP contribution in [0.3, 0.4) is 0 Å². The standard InChI is InChI=1S/C25H17ClN6OS/c26-17-10-12-18(13-11-17)32-23(20-14-27-21-9-5-4-8-19(20)21)29-31-25(32)34-15-22-28-30-24(33-22)16-6-2-1-3-7-16/h1-14,27H,15H2.